The third-order valence-electron chi connectivity index (χ3n) is 5.77. The first kappa shape index (κ1) is 27.3. The lowest BCUT2D eigenvalue weighted by molar-refractivity contribution is -0.137. The molecule has 0 radical (unpaired) electrons. The van der Waals surface area contributed by atoms with E-state index in [0.29, 0.717) is 24.1 Å². The van der Waals surface area contributed by atoms with Crippen molar-refractivity contribution in [3.8, 4) is 0 Å². The van der Waals surface area contributed by atoms with Crippen molar-refractivity contribution >= 4 is 21.8 Å². The van der Waals surface area contributed by atoms with Gasteiger partial charge in [0.1, 0.15) is 5.82 Å². The van der Waals surface area contributed by atoms with E-state index in [1.807, 2.05) is 0 Å². The largest absolute Gasteiger partial charge is 0.416 e. The second-order valence-corrected chi connectivity index (χ2v) is 10.1. The lowest BCUT2D eigenvalue weighted by atomic mass is 10.1. The molecule has 3 rings (SSSR count). The van der Waals surface area contributed by atoms with E-state index in [0.717, 1.165) is 23.6 Å². The summed E-state index contributed by atoms with van der Waals surface area (Å²) < 4.78 is 77.9. The van der Waals surface area contributed by atoms with Gasteiger partial charge < -0.3 is 10.2 Å². The van der Waals surface area contributed by atoms with Gasteiger partial charge in [0.05, 0.1) is 17.5 Å². The minimum atomic E-state index is -4.44. The lowest BCUT2D eigenvalue weighted by Gasteiger charge is -2.17. The van der Waals surface area contributed by atoms with Crippen molar-refractivity contribution in [1.29, 1.82) is 0 Å². The van der Waals surface area contributed by atoms with Crippen LogP contribution in [0.1, 0.15) is 33.5 Å². The zero-order chi connectivity index (χ0) is 26.5. The maximum absolute atomic E-state index is 14.7. The first-order chi connectivity index (χ1) is 16.9. The Morgan fingerprint density at radius 1 is 1.11 bits per heavy atom. The normalized spacial score (nSPS) is 16.1. The van der Waals surface area contributed by atoms with Crippen LogP contribution in [0.5, 0.6) is 0 Å². The number of carbonyl (C=O) groups is 2. The molecule has 1 atom stereocenters. The van der Waals surface area contributed by atoms with Crippen LogP contribution in [0.3, 0.4) is 0 Å². The van der Waals surface area contributed by atoms with Crippen molar-refractivity contribution in [3.05, 3.63) is 82.5 Å². The molecular formula is C24H25F4N3O4S. The number of alkyl halides is 3. The van der Waals surface area contributed by atoms with Gasteiger partial charge in [-0.05, 0) is 47.7 Å². The predicted octanol–water partition coefficient (Wildman–Crippen LogP) is 3.23. The second kappa shape index (κ2) is 11.2. The number of carbonyl (C=O) groups excluding carboxylic acids is 2. The van der Waals surface area contributed by atoms with Crippen LogP contribution >= 0.6 is 0 Å². The summed E-state index contributed by atoms with van der Waals surface area (Å²) in [5.74, 6) is -1.89. The maximum Gasteiger partial charge on any atom is 0.416 e. The molecule has 1 aliphatic rings. The molecule has 0 aliphatic carbocycles. The van der Waals surface area contributed by atoms with Crippen LogP contribution in [0.2, 0.25) is 0 Å². The molecule has 0 aromatic heterocycles. The zero-order valence-electron chi connectivity index (χ0n) is 19.1. The van der Waals surface area contributed by atoms with Crippen molar-refractivity contribution in [2.24, 2.45) is 5.92 Å². The smallest absolute Gasteiger partial charge is 0.352 e. The molecule has 194 valence electrons. The minimum absolute atomic E-state index is 0.00903. The number of hydrogen-bond donors (Lipinski definition) is 2. The summed E-state index contributed by atoms with van der Waals surface area (Å²) in [6.07, 6.45) is -4.06. The molecule has 1 saturated heterocycles. The van der Waals surface area contributed by atoms with E-state index >= 15 is 0 Å². The first-order valence-corrected chi connectivity index (χ1v) is 12.5. The van der Waals surface area contributed by atoms with Crippen LogP contribution in [0.4, 0.5) is 17.6 Å². The minimum Gasteiger partial charge on any atom is -0.352 e. The Hall–Kier alpha value is -3.25. The van der Waals surface area contributed by atoms with Gasteiger partial charge in [-0.2, -0.15) is 13.2 Å². The number of halogens is 4. The second-order valence-electron chi connectivity index (χ2n) is 8.43. The Kier molecular flexibility index (Phi) is 8.51. The average Bonchev–Trinajstić information content (AvgIpc) is 3.30. The van der Waals surface area contributed by atoms with Gasteiger partial charge in [-0.3, -0.25) is 9.59 Å². The SMILES string of the molecule is C=CS(=O)(=O)NC[C@@H]1CCN(C(=O)c2ccc(CC(=O)NCc3ccc(C(F)(F)F)cc3)cc2F)C1. The molecule has 36 heavy (non-hydrogen) atoms. The molecule has 0 spiro atoms. The van der Waals surface area contributed by atoms with Gasteiger partial charge in [0.2, 0.25) is 15.9 Å². The third kappa shape index (κ3) is 7.37. The van der Waals surface area contributed by atoms with Crippen molar-refractivity contribution < 1.29 is 35.6 Å². The van der Waals surface area contributed by atoms with Crippen molar-refractivity contribution in [1.82, 2.24) is 14.9 Å². The van der Waals surface area contributed by atoms with Gasteiger partial charge >= 0.3 is 6.18 Å². The number of hydrogen-bond acceptors (Lipinski definition) is 4. The lowest BCUT2D eigenvalue weighted by Crippen LogP contribution is -2.32. The number of rotatable bonds is 9. The topological polar surface area (TPSA) is 95.6 Å². The van der Waals surface area contributed by atoms with Gasteiger partial charge in [-0.15, -0.1) is 0 Å². The fourth-order valence-electron chi connectivity index (χ4n) is 3.75. The fraction of sp³-hybridized carbons (Fsp3) is 0.333. The average molecular weight is 528 g/mol. The van der Waals surface area contributed by atoms with Crippen molar-refractivity contribution in [2.75, 3.05) is 19.6 Å². The number of sulfonamides is 1. The highest BCUT2D eigenvalue weighted by atomic mass is 32.2. The highest BCUT2D eigenvalue weighted by Gasteiger charge is 2.30. The predicted molar refractivity (Wildman–Crippen MR) is 125 cm³/mol. The Balaban J connectivity index is 1.52. The molecule has 2 N–H and O–H groups in total. The first-order valence-electron chi connectivity index (χ1n) is 11.0. The number of benzene rings is 2. The molecule has 2 aromatic carbocycles. The quantitative estimate of drug-likeness (QED) is 0.490. The third-order valence-corrected chi connectivity index (χ3v) is 6.77. The van der Waals surface area contributed by atoms with E-state index in [9.17, 15) is 35.6 Å². The number of amides is 2. The Bertz CT molecular complexity index is 1230. The molecule has 2 amide bonds. The molecule has 12 heteroatoms. The van der Waals surface area contributed by atoms with Crippen molar-refractivity contribution in [3.63, 3.8) is 0 Å². The Morgan fingerprint density at radius 3 is 2.39 bits per heavy atom. The molecule has 2 aromatic rings. The van der Waals surface area contributed by atoms with Crippen LogP contribution in [-0.4, -0.2) is 44.8 Å². The van der Waals surface area contributed by atoms with Gasteiger partial charge in [-0.25, -0.2) is 17.5 Å². The van der Waals surface area contributed by atoms with Crippen LogP contribution < -0.4 is 10.0 Å². The highest BCUT2D eigenvalue weighted by molar-refractivity contribution is 7.92. The monoisotopic (exact) mass is 527 g/mol. The Labute approximate surface area is 206 Å². The van der Waals surface area contributed by atoms with Gasteiger partial charge in [0, 0.05) is 31.6 Å². The molecule has 0 bridgehead atoms. The summed E-state index contributed by atoms with van der Waals surface area (Å²) in [5.41, 5.74) is -0.141. The number of likely N-dealkylation sites (tertiary alicyclic amines) is 1. The zero-order valence-corrected chi connectivity index (χ0v) is 20.0. The summed E-state index contributed by atoms with van der Waals surface area (Å²) >= 11 is 0. The van der Waals surface area contributed by atoms with Crippen LogP contribution in [0.15, 0.2) is 54.5 Å². The molecule has 1 heterocycles. The number of nitrogens with zero attached hydrogens (tertiary/aromatic N) is 1. The number of nitrogens with one attached hydrogen (secondary N) is 2. The summed E-state index contributed by atoms with van der Waals surface area (Å²) in [5, 5.41) is 3.37. The van der Waals surface area contributed by atoms with Crippen LogP contribution in [0, 0.1) is 11.7 Å². The fourth-order valence-corrected chi connectivity index (χ4v) is 4.33. The van der Waals surface area contributed by atoms with E-state index in [2.05, 4.69) is 16.6 Å². The summed E-state index contributed by atoms with van der Waals surface area (Å²) in [6, 6.07) is 8.23. The van der Waals surface area contributed by atoms with Gasteiger partial charge in [-0.1, -0.05) is 24.8 Å². The molecule has 0 saturated carbocycles. The van der Waals surface area contributed by atoms with E-state index in [1.165, 1.54) is 29.2 Å². The van der Waals surface area contributed by atoms with E-state index in [4.69, 9.17) is 0 Å². The summed E-state index contributed by atoms with van der Waals surface area (Å²) in [4.78, 5) is 26.4. The molecule has 1 aliphatic heterocycles. The standard InChI is InChI=1S/C24H25F4N3O4S/c1-2-36(34,35)30-14-18-9-10-31(15-18)23(33)20-8-5-17(11-21(20)25)12-22(32)29-13-16-3-6-19(7-4-16)24(26,27)28/h2-8,11,18,30H,1,9-10,12-15H2,(H,29,32)/t18-/m0/s1. The van der Waals surface area contributed by atoms with Gasteiger partial charge in [0.15, 0.2) is 0 Å². The maximum atomic E-state index is 14.7. The summed E-state index contributed by atoms with van der Waals surface area (Å²) in [7, 11) is -3.57. The molecular weight excluding hydrogens is 502 g/mol. The molecule has 0 unspecified atom stereocenters. The van der Waals surface area contributed by atoms with E-state index < -0.39 is 39.4 Å². The Morgan fingerprint density at radius 2 is 1.78 bits per heavy atom. The van der Waals surface area contributed by atoms with Crippen molar-refractivity contribution in [2.45, 2.75) is 25.6 Å². The molecule has 1 fully saturated rings. The summed E-state index contributed by atoms with van der Waals surface area (Å²) in [6.45, 7) is 3.99. The van der Waals surface area contributed by atoms with E-state index in [1.54, 1.807) is 0 Å². The highest BCUT2D eigenvalue weighted by Crippen LogP contribution is 2.29. The molecule has 7 nitrogen and oxygen atoms in total. The van der Waals surface area contributed by atoms with E-state index in [-0.39, 0.29) is 37.5 Å². The van der Waals surface area contributed by atoms with Crippen LogP contribution in [-0.2, 0) is 34.0 Å². The van der Waals surface area contributed by atoms with Gasteiger partial charge in [0.25, 0.3) is 5.91 Å². The van der Waals surface area contributed by atoms with Crippen LogP contribution in [0.25, 0.3) is 0 Å².